The normalized spacial score (nSPS) is 10.2. The van der Waals surface area contributed by atoms with Crippen molar-refractivity contribution in [3.8, 4) is 11.5 Å². The average molecular weight is 272 g/mol. The molecule has 0 radical (unpaired) electrons. The molecule has 0 aliphatic rings. The molecule has 20 heavy (non-hydrogen) atoms. The van der Waals surface area contributed by atoms with Crippen molar-refractivity contribution in [1.82, 2.24) is 0 Å². The molecule has 0 saturated heterocycles. The first-order valence-electron chi connectivity index (χ1n) is 6.42. The van der Waals surface area contributed by atoms with E-state index in [9.17, 15) is 0 Å². The molecule has 2 aromatic rings. The predicted octanol–water partition coefficient (Wildman–Crippen LogP) is 2.92. The second-order valence-corrected chi connectivity index (χ2v) is 4.75. The van der Waals surface area contributed by atoms with Crippen molar-refractivity contribution in [2.75, 3.05) is 31.8 Å². The monoisotopic (exact) mass is 272 g/mol. The molecule has 2 N–H and O–H groups in total. The van der Waals surface area contributed by atoms with Crippen molar-refractivity contribution in [3.05, 3.63) is 48.0 Å². The van der Waals surface area contributed by atoms with Crippen molar-refractivity contribution in [2.45, 2.75) is 6.61 Å². The van der Waals surface area contributed by atoms with Crippen LogP contribution >= 0.6 is 0 Å². The highest BCUT2D eigenvalue weighted by molar-refractivity contribution is 5.50. The summed E-state index contributed by atoms with van der Waals surface area (Å²) in [7, 11) is 5.64. The van der Waals surface area contributed by atoms with Crippen LogP contribution in [0.2, 0.25) is 0 Å². The van der Waals surface area contributed by atoms with Crippen LogP contribution in [0.1, 0.15) is 5.56 Å². The van der Waals surface area contributed by atoms with Crippen LogP contribution in [0.5, 0.6) is 11.5 Å². The molecule has 4 heteroatoms. The maximum Gasteiger partial charge on any atom is 0.125 e. The van der Waals surface area contributed by atoms with E-state index in [4.69, 9.17) is 15.2 Å². The first-order valence-corrected chi connectivity index (χ1v) is 6.42. The predicted molar refractivity (Wildman–Crippen MR) is 82.5 cm³/mol. The fourth-order valence-electron chi connectivity index (χ4n) is 1.92. The molecule has 0 aliphatic heterocycles. The number of ether oxygens (including phenoxy) is 2. The minimum atomic E-state index is 0.422. The maximum atomic E-state index is 5.82. The van der Waals surface area contributed by atoms with Crippen LogP contribution in [0.25, 0.3) is 0 Å². The fraction of sp³-hybridized carbons (Fsp3) is 0.250. The van der Waals surface area contributed by atoms with E-state index in [1.165, 1.54) is 0 Å². The van der Waals surface area contributed by atoms with E-state index in [-0.39, 0.29) is 0 Å². The van der Waals surface area contributed by atoms with E-state index >= 15 is 0 Å². The SMILES string of the molecule is COc1ccc(N)cc1COc1cccc(N(C)C)c1. The molecule has 0 aliphatic carbocycles. The van der Waals surface area contributed by atoms with Crippen LogP contribution in [-0.2, 0) is 6.61 Å². The molecule has 2 rings (SSSR count). The highest BCUT2D eigenvalue weighted by atomic mass is 16.5. The number of nitrogen functional groups attached to an aromatic ring is 1. The minimum Gasteiger partial charge on any atom is -0.496 e. The van der Waals surface area contributed by atoms with Gasteiger partial charge in [-0.2, -0.15) is 0 Å². The molecule has 0 saturated carbocycles. The Bertz CT molecular complexity index is 582. The van der Waals surface area contributed by atoms with Crippen LogP contribution in [0.15, 0.2) is 42.5 Å². The molecule has 0 atom stereocenters. The van der Waals surface area contributed by atoms with E-state index in [0.29, 0.717) is 12.3 Å². The summed E-state index contributed by atoms with van der Waals surface area (Å²) >= 11 is 0. The molecule has 0 amide bonds. The third-order valence-corrected chi connectivity index (χ3v) is 3.03. The van der Waals surface area contributed by atoms with Crippen molar-refractivity contribution >= 4 is 11.4 Å². The lowest BCUT2D eigenvalue weighted by atomic mass is 10.2. The lowest BCUT2D eigenvalue weighted by Crippen LogP contribution is -2.08. The number of nitrogens with two attached hydrogens (primary N) is 1. The van der Waals surface area contributed by atoms with Gasteiger partial charge in [0.15, 0.2) is 0 Å². The molecule has 2 aromatic carbocycles. The molecule has 0 bridgehead atoms. The molecule has 0 fully saturated rings. The van der Waals surface area contributed by atoms with Crippen molar-refractivity contribution in [2.24, 2.45) is 0 Å². The maximum absolute atomic E-state index is 5.82. The van der Waals surface area contributed by atoms with Crippen LogP contribution < -0.4 is 20.1 Å². The van der Waals surface area contributed by atoms with Gasteiger partial charge in [0.1, 0.15) is 18.1 Å². The van der Waals surface area contributed by atoms with Gasteiger partial charge in [-0.15, -0.1) is 0 Å². The standard InChI is InChI=1S/C16H20N2O2/c1-18(2)14-5-4-6-15(10-14)20-11-12-9-13(17)7-8-16(12)19-3/h4-10H,11,17H2,1-3H3. The summed E-state index contributed by atoms with van der Waals surface area (Å²) in [5.41, 5.74) is 8.53. The van der Waals surface area contributed by atoms with E-state index in [1.54, 1.807) is 7.11 Å². The Hall–Kier alpha value is -2.36. The lowest BCUT2D eigenvalue weighted by Gasteiger charge is -2.15. The zero-order chi connectivity index (χ0) is 14.5. The number of nitrogens with zero attached hydrogens (tertiary/aromatic N) is 1. The number of rotatable bonds is 5. The highest BCUT2D eigenvalue weighted by Gasteiger charge is 2.05. The van der Waals surface area contributed by atoms with Crippen molar-refractivity contribution in [3.63, 3.8) is 0 Å². The van der Waals surface area contributed by atoms with Gasteiger partial charge in [0.2, 0.25) is 0 Å². The summed E-state index contributed by atoms with van der Waals surface area (Å²) in [5.74, 6) is 1.60. The Morgan fingerprint density at radius 3 is 2.60 bits per heavy atom. The molecule has 0 aromatic heterocycles. The summed E-state index contributed by atoms with van der Waals surface area (Å²) < 4.78 is 11.1. The summed E-state index contributed by atoms with van der Waals surface area (Å²) in [6.07, 6.45) is 0. The lowest BCUT2D eigenvalue weighted by molar-refractivity contribution is 0.297. The molecule has 0 heterocycles. The fourth-order valence-corrected chi connectivity index (χ4v) is 1.92. The second-order valence-electron chi connectivity index (χ2n) is 4.75. The van der Waals surface area contributed by atoms with Gasteiger partial charge in [0, 0.05) is 37.1 Å². The first-order chi connectivity index (χ1) is 9.60. The topological polar surface area (TPSA) is 47.7 Å². The van der Waals surface area contributed by atoms with Crippen LogP contribution in [0.3, 0.4) is 0 Å². The summed E-state index contributed by atoms with van der Waals surface area (Å²) in [5, 5.41) is 0. The van der Waals surface area contributed by atoms with E-state index in [1.807, 2.05) is 61.5 Å². The van der Waals surface area contributed by atoms with Gasteiger partial charge < -0.3 is 20.1 Å². The zero-order valence-electron chi connectivity index (χ0n) is 12.1. The zero-order valence-corrected chi connectivity index (χ0v) is 12.1. The molecular weight excluding hydrogens is 252 g/mol. The first kappa shape index (κ1) is 14.1. The van der Waals surface area contributed by atoms with Gasteiger partial charge in [-0.1, -0.05) is 6.07 Å². The van der Waals surface area contributed by atoms with Gasteiger partial charge >= 0.3 is 0 Å². The Morgan fingerprint density at radius 1 is 1.10 bits per heavy atom. The number of benzene rings is 2. The van der Waals surface area contributed by atoms with Crippen molar-refractivity contribution < 1.29 is 9.47 Å². The van der Waals surface area contributed by atoms with E-state index in [2.05, 4.69) is 0 Å². The molecule has 0 unspecified atom stereocenters. The third-order valence-electron chi connectivity index (χ3n) is 3.03. The quantitative estimate of drug-likeness (QED) is 0.850. The molecule has 4 nitrogen and oxygen atoms in total. The Labute approximate surface area is 119 Å². The van der Waals surface area contributed by atoms with Gasteiger partial charge in [0.05, 0.1) is 7.11 Å². The van der Waals surface area contributed by atoms with Crippen LogP contribution in [-0.4, -0.2) is 21.2 Å². The molecule has 106 valence electrons. The van der Waals surface area contributed by atoms with Gasteiger partial charge in [0.25, 0.3) is 0 Å². The molecule has 0 spiro atoms. The summed E-state index contributed by atoms with van der Waals surface area (Å²) in [4.78, 5) is 2.04. The number of hydrogen-bond donors (Lipinski definition) is 1. The molecular formula is C16H20N2O2. The largest absolute Gasteiger partial charge is 0.496 e. The Balaban J connectivity index is 2.12. The Morgan fingerprint density at radius 2 is 1.90 bits per heavy atom. The van der Waals surface area contributed by atoms with Crippen molar-refractivity contribution in [1.29, 1.82) is 0 Å². The van der Waals surface area contributed by atoms with Gasteiger partial charge in [-0.05, 0) is 30.3 Å². The number of anilines is 2. The number of methoxy groups -OCH3 is 1. The average Bonchev–Trinajstić information content (AvgIpc) is 2.45. The highest BCUT2D eigenvalue weighted by Crippen LogP contribution is 2.24. The van der Waals surface area contributed by atoms with Crippen LogP contribution in [0, 0.1) is 0 Å². The van der Waals surface area contributed by atoms with Gasteiger partial charge in [-0.25, -0.2) is 0 Å². The van der Waals surface area contributed by atoms with Crippen LogP contribution in [0.4, 0.5) is 11.4 Å². The third kappa shape index (κ3) is 3.35. The second kappa shape index (κ2) is 6.19. The summed E-state index contributed by atoms with van der Waals surface area (Å²) in [6.45, 7) is 0.422. The van der Waals surface area contributed by atoms with Gasteiger partial charge in [-0.3, -0.25) is 0 Å². The minimum absolute atomic E-state index is 0.422. The summed E-state index contributed by atoms with van der Waals surface area (Å²) in [6, 6.07) is 13.5. The Kier molecular flexibility index (Phi) is 4.35. The smallest absolute Gasteiger partial charge is 0.125 e. The number of hydrogen-bond acceptors (Lipinski definition) is 4. The van der Waals surface area contributed by atoms with E-state index in [0.717, 1.165) is 22.7 Å². The van der Waals surface area contributed by atoms with E-state index < -0.39 is 0 Å².